The lowest BCUT2D eigenvalue weighted by Gasteiger charge is -2.10. The number of para-hydroxylation sites is 2. The average Bonchev–Trinajstić information content (AvgIpc) is 2.59. The van der Waals surface area contributed by atoms with E-state index in [1.165, 1.54) is 61.0 Å². The monoisotopic (exact) mass is 324 g/mol. The molecule has 0 aliphatic heterocycles. The van der Waals surface area contributed by atoms with E-state index < -0.39 is 0 Å². The van der Waals surface area contributed by atoms with Gasteiger partial charge in [0.2, 0.25) is 0 Å². The Kier molecular flexibility index (Phi) is 8.23. The predicted octanol–water partition coefficient (Wildman–Crippen LogP) is 6.17. The third-order valence-electron chi connectivity index (χ3n) is 4.52. The summed E-state index contributed by atoms with van der Waals surface area (Å²) in [6, 6.07) is 17.0. The first-order chi connectivity index (χ1) is 11.8. The molecule has 2 heteroatoms. The van der Waals surface area contributed by atoms with Gasteiger partial charge in [0.15, 0.2) is 0 Å². The second-order valence-corrected chi connectivity index (χ2v) is 6.60. The van der Waals surface area contributed by atoms with Gasteiger partial charge in [0.05, 0.1) is 0 Å². The number of rotatable bonds is 11. The van der Waals surface area contributed by atoms with Crippen LogP contribution in [0, 0.1) is 13.8 Å². The van der Waals surface area contributed by atoms with Crippen molar-refractivity contribution < 1.29 is 0 Å². The number of nitrogens with one attached hydrogen (secondary N) is 2. The van der Waals surface area contributed by atoms with E-state index in [9.17, 15) is 0 Å². The van der Waals surface area contributed by atoms with Crippen LogP contribution in [0.2, 0.25) is 0 Å². The molecule has 2 nitrogen and oxygen atoms in total. The minimum absolute atomic E-state index is 1.08. The molecule has 0 atom stereocenters. The third-order valence-corrected chi connectivity index (χ3v) is 4.52. The van der Waals surface area contributed by atoms with Gasteiger partial charge in [-0.3, -0.25) is 0 Å². The van der Waals surface area contributed by atoms with Gasteiger partial charge in [0, 0.05) is 24.5 Å². The highest BCUT2D eigenvalue weighted by molar-refractivity contribution is 5.50. The summed E-state index contributed by atoms with van der Waals surface area (Å²) in [6.07, 6.45) is 7.86. The molecule has 0 radical (unpaired) electrons. The Morgan fingerprint density at radius 2 is 0.917 bits per heavy atom. The lowest BCUT2D eigenvalue weighted by atomic mass is 10.1. The molecular formula is C22H32N2. The van der Waals surface area contributed by atoms with E-state index in [4.69, 9.17) is 0 Å². The molecule has 2 aromatic carbocycles. The fraction of sp³-hybridized carbons (Fsp3) is 0.455. The van der Waals surface area contributed by atoms with Crippen molar-refractivity contribution in [3.05, 3.63) is 59.7 Å². The summed E-state index contributed by atoms with van der Waals surface area (Å²) >= 11 is 0. The molecule has 2 rings (SSSR count). The van der Waals surface area contributed by atoms with Crippen LogP contribution in [0.4, 0.5) is 11.4 Å². The van der Waals surface area contributed by atoms with Crippen molar-refractivity contribution in [3.63, 3.8) is 0 Å². The maximum absolute atomic E-state index is 3.54. The second kappa shape index (κ2) is 10.7. The maximum Gasteiger partial charge on any atom is 0.0369 e. The van der Waals surface area contributed by atoms with E-state index in [-0.39, 0.29) is 0 Å². The van der Waals surface area contributed by atoms with Crippen molar-refractivity contribution in [2.24, 2.45) is 0 Å². The zero-order chi connectivity index (χ0) is 17.0. The van der Waals surface area contributed by atoms with Gasteiger partial charge in [0.1, 0.15) is 0 Å². The number of hydrogen-bond donors (Lipinski definition) is 2. The molecular weight excluding hydrogens is 292 g/mol. The van der Waals surface area contributed by atoms with Crippen molar-refractivity contribution >= 4 is 11.4 Å². The van der Waals surface area contributed by atoms with Crippen LogP contribution < -0.4 is 10.6 Å². The molecule has 0 fully saturated rings. The molecule has 0 amide bonds. The predicted molar refractivity (Wildman–Crippen MR) is 107 cm³/mol. The molecule has 24 heavy (non-hydrogen) atoms. The second-order valence-electron chi connectivity index (χ2n) is 6.60. The van der Waals surface area contributed by atoms with Crippen molar-refractivity contribution in [2.75, 3.05) is 23.7 Å². The highest BCUT2D eigenvalue weighted by atomic mass is 14.9. The van der Waals surface area contributed by atoms with Gasteiger partial charge in [-0.05, 0) is 49.9 Å². The standard InChI is InChI=1S/C22H32N2/c1-19-13-7-9-15-21(19)23-17-11-5-3-4-6-12-18-24-22-16-10-8-14-20(22)2/h7-10,13-16,23-24H,3-6,11-12,17-18H2,1-2H3. The maximum atomic E-state index is 3.54. The van der Waals surface area contributed by atoms with Crippen molar-refractivity contribution in [3.8, 4) is 0 Å². The molecule has 0 saturated heterocycles. The molecule has 0 bridgehead atoms. The molecule has 130 valence electrons. The summed E-state index contributed by atoms with van der Waals surface area (Å²) in [5, 5.41) is 7.08. The van der Waals surface area contributed by atoms with Crippen molar-refractivity contribution in [1.82, 2.24) is 0 Å². The lowest BCUT2D eigenvalue weighted by Crippen LogP contribution is -2.03. The van der Waals surface area contributed by atoms with Crippen LogP contribution in [0.15, 0.2) is 48.5 Å². The molecule has 0 unspecified atom stereocenters. The zero-order valence-corrected chi connectivity index (χ0v) is 15.3. The van der Waals surface area contributed by atoms with Crippen molar-refractivity contribution in [1.29, 1.82) is 0 Å². The van der Waals surface area contributed by atoms with Gasteiger partial charge in [-0.25, -0.2) is 0 Å². The lowest BCUT2D eigenvalue weighted by molar-refractivity contribution is 0.610. The molecule has 0 spiro atoms. The van der Waals surface area contributed by atoms with Gasteiger partial charge in [-0.2, -0.15) is 0 Å². The van der Waals surface area contributed by atoms with Crippen LogP contribution in [-0.2, 0) is 0 Å². The molecule has 0 saturated carbocycles. The molecule has 2 aromatic rings. The summed E-state index contributed by atoms with van der Waals surface area (Å²) in [5.74, 6) is 0. The number of benzene rings is 2. The Bertz CT molecular complexity index is 539. The summed E-state index contributed by atoms with van der Waals surface area (Å²) in [5.41, 5.74) is 5.22. The zero-order valence-electron chi connectivity index (χ0n) is 15.3. The molecule has 0 heterocycles. The van der Waals surface area contributed by atoms with Crippen LogP contribution in [0.25, 0.3) is 0 Å². The van der Waals surface area contributed by atoms with Crippen LogP contribution in [0.1, 0.15) is 49.7 Å². The minimum Gasteiger partial charge on any atom is -0.385 e. The summed E-state index contributed by atoms with van der Waals surface area (Å²) in [7, 11) is 0. The normalized spacial score (nSPS) is 10.6. The number of anilines is 2. The first-order valence-electron chi connectivity index (χ1n) is 9.36. The molecule has 0 aromatic heterocycles. The summed E-state index contributed by atoms with van der Waals surface area (Å²) in [6.45, 7) is 6.49. The first kappa shape index (κ1) is 18.4. The Morgan fingerprint density at radius 1 is 0.542 bits per heavy atom. The van der Waals surface area contributed by atoms with Crippen LogP contribution >= 0.6 is 0 Å². The Morgan fingerprint density at radius 3 is 1.33 bits per heavy atom. The molecule has 0 aliphatic rings. The van der Waals surface area contributed by atoms with Gasteiger partial charge < -0.3 is 10.6 Å². The summed E-state index contributed by atoms with van der Waals surface area (Å²) < 4.78 is 0. The number of aryl methyl sites for hydroxylation is 2. The Labute approximate surface area is 147 Å². The van der Waals surface area contributed by atoms with Gasteiger partial charge in [-0.1, -0.05) is 62.1 Å². The molecule has 0 aliphatic carbocycles. The van der Waals surface area contributed by atoms with Crippen LogP contribution in [0.3, 0.4) is 0 Å². The molecule has 2 N–H and O–H groups in total. The Balaban J connectivity index is 1.43. The van der Waals surface area contributed by atoms with E-state index in [0.29, 0.717) is 0 Å². The topological polar surface area (TPSA) is 24.1 Å². The van der Waals surface area contributed by atoms with Gasteiger partial charge >= 0.3 is 0 Å². The first-order valence-corrected chi connectivity index (χ1v) is 9.36. The van der Waals surface area contributed by atoms with Crippen LogP contribution in [0.5, 0.6) is 0 Å². The SMILES string of the molecule is Cc1ccccc1NCCCCCCCCNc1ccccc1C. The average molecular weight is 325 g/mol. The highest BCUT2D eigenvalue weighted by Gasteiger charge is 1.97. The summed E-state index contributed by atoms with van der Waals surface area (Å²) in [4.78, 5) is 0. The quantitative estimate of drug-likeness (QED) is 0.483. The van der Waals surface area contributed by atoms with E-state index in [2.05, 4.69) is 73.0 Å². The minimum atomic E-state index is 1.08. The van der Waals surface area contributed by atoms with Gasteiger partial charge in [-0.15, -0.1) is 0 Å². The van der Waals surface area contributed by atoms with Crippen LogP contribution in [-0.4, -0.2) is 13.1 Å². The van der Waals surface area contributed by atoms with E-state index in [1.807, 2.05) is 0 Å². The largest absolute Gasteiger partial charge is 0.385 e. The van der Waals surface area contributed by atoms with Gasteiger partial charge in [0.25, 0.3) is 0 Å². The fourth-order valence-electron chi connectivity index (χ4n) is 2.95. The van der Waals surface area contributed by atoms with E-state index in [0.717, 1.165) is 13.1 Å². The van der Waals surface area contributed by atoms with E-state index >= 15 is 0 Å². The van der Waals surface area contributed by atoms with E-state index in [1.54, 1.807) is 0 Å². The Hall–Kier alpha value is -1.96. The smallest absolute Gasteiger partial charge is 0.0369 e. The number of hydrogen-bond acceptors (Lipinski definition) is 2. The fourth-order valence-corrected chi connectivity index (χ4v) is 2.95. The number of unbranched alkanes of at least 4 members (excludes halogenated alkanes) is 5. The highest BCUT2D eigenvalue weighted by Crippen LogP contribution is 2.15. The van der Waals surface area contributed by atoms with Crippen molar-refractivity contribution in [2.45, 2.75) is 52.4 Å². The third kappa shape index (κ3) is 6.66.